The molecule has 160 valence electrons. The van der Waals surface area contributed by atoms with Crippen molar-refractivity contribution in [2.24, 2.45) is 0 Å². The zero-order chi connectivity index (χ0) is 22.1. The van der Waals surface area contributed by atoms with Crippen molar-refractivity contribution in [3.8, 4) is 5.75 Å². The number of aromatic nitrogens is 2. The predicted octanol–water partition coefficient (Wildman–Crippen LogP) is 5.13. The Balaban J connectivity index is 1.68. The van der Waals surface area contributed by atoms with E-state index in [2.05, 4.69) is 24.7 Å². The third-order valence-electron chi connectivity index (χ3n) is 3.91. The highest BCUT2D eigenvalue weighted by Gasteiger charge is 2.31. The molecule has 7 nitrogen and oxygen atoms in total. The molecule has 0 aliphatic rings. The van der Waals surface area contributed by atoms with Gasteiger partial charge in [-0.1, -0.05) is 18.2 Å². The number of nitrogens with zero attached hydrogens (tertiary/aromatic N) is 2. The molecule has 0 aliphatic carbocycles. The van der Waals surface area contributed by atoms with Gasteiger partial charge in [-0.25, -0.2) is 18.4 Å². The standard InChI is InChI=1S/C19H13F3N4O3S2/c20-19(21,22)29-13-9-7-12(8-10-13)23-17-18(25-15-5-2-1-4-14(15)24-17)26-31(27,28)16-6-3-11-30-16/h1-11H,(H,23,24)(H,25,26). The van der Waals surface area contributed by atoms with Crippen molar-refractivity contribution in [2.75, 3.05) is 10.0 Å². The van der Waals surface area contributed by atoms with Gasteiger partial charge in [0.05, 0.1) is 11.0 Å². The number of thiophene rings is 1. The summed E-state index contributed by atoms with van der Waals surface area (Å²) in [5, 5.41) is 4.52. The molecule has 0 radical (unpaired) electrons. The van der Waals surface area contributed by atoms with Crippen LogP contribution in [0.2, 0.25) is 0 Å². The highest BCUT2D eigenvalue weighted by Crippen LogP contribution is 2.29. The fraction of sp³-hybridized carbons (Fsp3) is 0.0526. The Morgan fingerprint density at radius 1 is 0.871 bits per heavy atom. The van der Waals surface area contributed by atoms with E-state index in [9.17, 15) is 21.6 Å². The van der Waals surface area contributed by atoms with E-state index in [0.717, 1.165) is 23.5 Å². The Morgan fingerprint density at radius 3 is 2.10 bits per heavy atom. The molecule has 4 aromatic rings. The van der Waals surface area contributed by atoms with Gasteiger partial charge in [0.25, 0.3) is 10.0 Å². The van der Waals surface area contributed by atoms with E-state index < -0.39 is 16.4 Å². The van der Waals surface area contributed by atoms with Crippen LogP contribution < -0.4 is 14.8 Å². The summed E-state index contributed by atoms with van der Waals surface area (Å²) in [7, 11) is -3.90. The van der Waals surface area contributed by atoms with Gasteiger partial charge in [-0.3, -0.25) is 4.72 Å². The molecule has 2 heterocycles. The first-order valence-electron chi connectivity index (χ1n) is 8.66. The van der Waals surface area contributed by atoms with Crippen molar-refractivity contribution in [1.82, 2.24) is 9.97 Å². The van der Waals surface area contributed by atoms with E-state index in [4.69, 9.17) is 0 Å². The molecule has 2 aromatic carbocycles. The first-order chi connectivity index (χ1) is 14.7. The maximum atomic E-state index is 12.7. The number of alkyl halides is 3. The van der Waals surface area contributed by atoms with Gasteiger partial charge >= 0.3 is 6.36 Å². The number of fused-ring (bicyclic) bond motifs is 1. The Hall–Kier alpha value is -3.38. The summed E-state index contributed by atoms with van der Waals surface area (Å²) in [4.78, 5) is 8.76. The molecule has 0 fully saturated rings. The SMILES string of the molecule is O=S(=O)(Nc1nc2ccccc2nc1Nc1ccc(OC(F)(F)F)cc1)c1cccs1. The summed E-state index contributed by atoms with van der Waals surface area (Å²) in [5.41, 5.74) is 1.32. The summed E-state index contributed by atoms with van der Waals surface area (Å²) in [6, 6.07) is 14.9. The molecule has 12 heteroatoms. The highest BCUT2D eigenvalue weighted by molar-refractivity contribution is 7.94. The third kappa shape index (κ3) is 5.03. The number of benzene rings is 2. The largest absolute Gasteiger partial charge is 0.573 e. The molecule has 0 spiro atoms. The minimum atomic E-state index is -4.80. The van der Waals surface area contributed by atoms with Crippen LogP contribution in [0.3, 0.4) is 0 Å². The molecule has 0 saturated heterocycles. The normalized spacial score (nSPS) is 12.0. The summed E-state index contributed by atoms with van der Waals surface area (Å²) >= 11 is 1.04. The number of hydrogen-bond acceptors (Lipinski definition) is 7. The minimum Gasteiger partial charge on any atom is -0.406 e. The van der Waals surface area contributed by atoms with Gasteiger partial charge in [0.2, 0.25) is 0 Å². The van der Waals surface area contributed by atoms with E-state index in [-0.39, 0.29) is 21.6 Å². The second kappa shape index (κ2) is 8.04. The van der Waals surface area contributed by atoms with Gasteiger partial charge in [-0.2, -0.15) is 0 Å². The Morgan fingerprint density at radius 2 is 1.52 bits per heavy atom. The minimum absolute atomic E-state index is 0.0530. The average Bonchev–Trinajstić information content (AvgIpc) is 3.24. The molecule has 0 unspecified atom stereocenters. The number of sulfonamides is 1. The number of para-hydroxylation sites is 2. The van der Waals surface area contributed by atoms with E-state index in [0.29, 0.717) is 16.7 Å². The topological polar surface area (TPSA) is 93.2 Å². The number of nitrogens with one attached hydrogen (secondary N) is 2. The molecule has 2 aromatic heterocycles. The molecule has 0 bridgehead atoms. The van der Waals surface area contributed by atoms with Crippen LogP contribution in [0.4, 0.5) is 30.5 Å². The van der Waals surface area contributed by atoms with Crippen molar-refractivity contribution in [3.05, 3.63) is 66.0 Å². The second-order valence-corrected chi connectivity index (χ2v) is 9.00. The lowest BCUT2D eigenvalue weighted by molar-refractivity contribution is -0.274. The third-order valence-corrected chi connectivity index (χ3v) is 6.65. The second-order valence-electron chi connectivity index (χ2n) is 6.14. The average molecular weight is 466 g/mol. The molecule has 0 atom stereocenters. The zero-order valence-electron chi connectivity index (χ0n) is 15.4. The lowest BCUT2D eigenvalue weighted by atomic mass is 10.3. The van der Waals surface area contributed by atoms with E-state index >= 15 is 0 Å². The molecular weight excluding hydrogens is 453 g/mol. The summed E-state index contributed by atoms with van der Waals surface area (Å²) in [5.74, 6) is -0.354. The molecular formula is C19H13F3N4O3S2. The fourth-order valence-corrected chi connectivity index (χ4v) is 4.63. The van der Waals surface area contributed by atoms with Gasteiger partial charge in [0.1, 0.15) is 9.96 Å². The van der Waals surface area contributed by atoms with Gasteiger partial charge < -0.3 is 10.1 Å². The lowest BCUT2D eigenvalue weighted by Gasteiger charge is -2.14. The van der Waals surface area contributed by atoms with Crippen LogP contribution in [0, 0.1) is 0 Å². The molecule has 0 saturated carbocycles. The number of hydrogen-bond donors (Lipinski definition) is 2. The Kier molecular flexibility index (Phi) is 5.41. The van der Waals surface area contributed by atoms with Gasteiger partial charge in [-0.15, -0.1) is 24.5 Å². The summed E-state index contributed by atoms with van der Waals surface area (Å²) in [6.45, 7) is 0. The Bertz CT molecular complexity index is 1310. The van der Waals surface area contributed by atoms with Crippen LogP contribution in [-0.2, 0) is 10.0 Å². The summed E-state index contributed by atoms with van der Waals surface area (Å²) in [6.07, 6.45) is -4.80. The quantitative estimate of drug-likeness (QED) is 0.409. The lowest BCUT2D eigenvalue weighted by Crippen LogP contribution is -2.17. The van der Waals surface area contributed by atoms with Crippen molar-refractivity contribution in [3.63, 3.8) is 0 Å². The van der Waals surface area contributed by atoms with E-state index in [1.807, 2.05) is 0 Å². The number of ether oxygens (including phenoxy) is 1. The predicted molar refractivity (Wildman–Crippen MR) is 111 cm³/mol. The van der Waals surface area contributed by atoms with Gasteiger partial charge in [0.15, 0.2) is 11.6 Å². The van der Waals surface area contributed by atoms with Crippen LogP contribution in [0.5, 0.6) is 5.75 Å². The summed E-state index contributed by atoms with van der Waals surface area (Å²) < 4.78 is 68.7. The first-order valence-corrected chi connectivity index (χ1v) is 11.0. The van der Waals surface area contributed by atoms with E-state index in [1.165, 1.54) is 18.2 Å². The number of halogens is 3. The monoisotopic (exact) mass is 466 g/mol. The van der Waals surface area contributed by atoms with Crippen LogP contribution in [0.15, 0.2) is 70.3 Å². The molecule has 4 rings (SSSR count). The van der Waals surface area contributed by atoms with E-state index in [1.54, 1.807) is 35.7 Å². The molecule has 0 aliphatic heterocycles. The number of rotatable bonds is 6. The van der Waals surface area contributed by atoms with Crippen LogP contribution >= 0.6 is 11.3 Å². The van der Waals surface area contributed by atoms with Crippen LogP contribution in [0.1, 0.15) is 0 Å². The van der Waals surface area contributed by atoms with Gasteiger partial charge in [-0.05, 0) is 47.8 Å². The maximum Gasteiger partial charge on any atom is 0.573 e. The van der Waals surface area contributed by atoms with Crippen LogP contribution in [-0.4, -0.2) is 24.7 Å². The Labute approximate surface area is 178 Å². The van der Waals surface area contributed by atoms with Crippen molar-refractivity contribution in [1.29, 1.82) is 0 Å². The van der Waals surface area contributed by atoms with Crippen molar-refractivity contribution in [2.45, 2.75) is 10.6 Å². The highest BCUT2D eigenvalue weighted by atomic mass is 32.2. The maximum absolute atomic E-state index is 12.7. The smallest absolute Gasteiger partial charge is 0.406 e. The van der Waals surface area contributed by atoms with Crippen molar-refractivity contribution >= 4 is 49.7 Å². The van der Waals surface area contributed by atoms with Crippen molar-refractivity contribution < 1.29 is 26.3 Å². The first kappa shape index (κ1) is 20.9. The van der Waals surface area contributed by atoms with Crippen LogP contribution in [0.25, 0.3) is 11.0 Å². The van der Waals surface area contributed by atoms with Gasteiger partial charge in [0, 0.05) is 5.69 Å². The molecule has 2 N–H and O–H groups in total. The molecule has 0 amide bonds. The molecule has 31 heavy (non-hydrogen) atoms. The number of anilines is 3. The zero-order valence-corrected chi connectivity index (χ0v) is 17.1. The fourth-order valence-electron chi connectivity index (χ4n) is 2.63.